The molecule has 0 fully saturated rings. The maximum Gasteiger partial charge on any atom is 0.284 e. The molecule has 0 aromatic carbocycles. The molecule has 0 amide bonds. The molecule has 0 spiro atoms. The first kappa shape index (κ1) is 21.5. The van der Waals surface area contributed by atoms with Gasteiger partial charge in [0.2, 0.25) is 0 Å². The first-order valence-corrected chi connectivity index (χ1v) is 20.9. The van der Waals surface area contributed by atoms with Crippen molar-refractivity contribution in [2.45, 2.75) is 0 Å². The van der Waals surface area contributed by atoms with Crippen molar-refractivity contribution in [3.05, 3.63) is 0 Å². The molecule has 20 heavy (non-hydrogen) atoms. The van der Waals surface area contributed by atoms with E-state index in [1.807, 2.05) is 0 Å². The van der Waals surface area contributed by atoms with E-state index in [0.717, 1.165) is 0 Å². The number of hydrogen-bond donors (Lipinski definition) is 0. The smallest absolute Gasteiger partial charge is 0.199 e. The molecule has 5 nitrogen and oxygen atoms in total. The summed E-state index contributed by atoms with van der Waals surface area (Å²) >= 11 is 48.1. The summed E-state index contributed by atoms with van der Waals surface area (Å²) < 4.78 is 20.0. The van der Waals surface area contributed by atoms with Crippen LogP contribution in [0.3, 0.4) is 0 Å². The van der Waals surface area contributed by atoms with Crippen LogP contribution in [0, 0.1) is 0 Å². The van der Waals surface area contributed by atoms with E-state index in [-0.39, 0.29) is 0 Å². The van der Waals surface area contributed by atoms with E-state index in [9.17, 15) is 0 Å². The van der Waals surface area contributed by atoms with Gasteiger partial charge >= 0.3 is 0 Å². The van der Waals surface area contributed by atoms with Crippen molar-refractivity contribution in [3.8, 4) is 0 Å². The monoisotopic (exact) mass is 535 g/mol. The van der Waals surface area contributed by atoms with Crippen LogP contribution in [0.25, 0.3) is 0 Å². The van der Waals surface area contributed by atoms with E-state index in [1.165, 1.54) is 13.3 Å². The summed E-state index contributed by atoms with van der Waals surface area (Å²) in [7, 11) is 0. The first-order chi connectivity index (χ1) is 8.54. The van der Waals surface area contributed by atoms with Gasteiger partial charge in [-0.05, 0) is 58.3 Å². The van der Waals surface area contributed by atoms with Crippen LogP contribution in [0.1, 0.15) is 0 Å². The third-order valence-electron chi connectivity index (χ3n) is 1.21. The van der Waals surface area contributed by atoms with E-state index in [4.69, 9.17) is 89.9 Å². The highest BCUT2D eigenvalue weighted by Gasteiger charge is 2.35. The largest absolute Gasteiger partial charge is 0.284 e. The summed E-state index contributed by atoms with van der Waals surface area (Å²) in [5.41, 5.74) is 0. The maximum absolute atomic E-state index is 6.24. The third-order valence-corrected chi connectivity index (χ3v) is 19.4. The van der Waals surface area contributed by atoms with Crippen molar-refractivity contribution < 1.29 is 0 Å². The summed E-state index contributed by atoms with van der Waals surface area (Å²) in [5.74, 6) is -8.59. The fourth-order valence-electron chi connectivity index (χ4n) is 0.944. The highest BCUT2D eigenvalue weighted by Crippen LogP contribution is 2.89. The van der Waals surface area contributed by atoms with Crippen molar-refractivity contribution in [1.29, 1.82) is 0 Å². The summed E-state index contributed by atoms with van der Waals surface area (Å²) in [5, 5.41) is 0. The number of halogens is 8. The van der Waals surface area contributed by atoms with Gasteiger partial charge in [-0.1, -0.05) is 45.0 Å². The molecule has 120 valence electrons. The van der Waals surface area contributed by atoms with Crippen LogP contribution in [-0.2, 0) is 0 Å². The van der Waals surface area contributed by atoms with Gasteiger partial charge in [0.05, 0.1) is 0 Å². The van der Waals surface area contributed by atoms with Crippen LogP contribution < -0.4 is 0 Å². The molecule has 0 saturated heterocycles. The molecule has 2 atom stereocenters. The lowest BCUT2D eigenvalue weighted by atomic mass is 12.0. The zero-order valence-electron chi connectivity index (χ0n) is 9.50. The topological polar surface area (TPSA) is 61.8 Å². The Morgan fingerprint density at radius 3 is 1.40 bits per heavy atom. The molecule has 1 rings (SSSR count). The Hall–Kier alpha value is 3.47. The fraction of sp³-hybridized carbons (Fsp3) is 1.00. The molecule has 0 aromatic heterocycles. The molecular formula is C2H6Cl8N5P5. The van der Waals surface area contributed by atoms with Crippen molar-refractivity contribution in [3.63, 3.8) is 0 Å². The number of hydrogen-bond acceptors (Lipinski definition) is 5. The van der Waals surface area contributed by atoms with Crippen LogP contribution in [0.5, 0.6) is 0 Å². The number of rotatable bonds is 2. The number of nitrogens with zero attached hydrogens (tertiary/aromatic N) is 5. The van der Waals surface area contributed by atoms with Gasteiger partial charge in [0.25, 0.3) is 19.3 Å². The van der Waals surface area contributed by atoms with Gasteiger partial charge in [0.1, 0.15) is 11.5 Å². The Bertz CT molecular complexity index is 640. The van der Waals surface area contributed by atoms with E-state index in [1.54, 1.807) is 0 Å². The zero-order valence-corrected chi connectivity index (χ0v) is 20.0. The lowest BCUT2D eigenvalue weighted by molar-refractivity contribution is 1.66. The highest BCUT2D eigenvalue weighted by atomic mass is 35.9. The second-order valence-electron chi connectivity index (χ2n) is 3.40. The van der Waals surface area contributed by atoms with Crippen LogP contribution >= 0.6 is 121 Å². The Kier molecular flexibility index (Phi) is 7.53. The molecule has 1 aliphatic heterocycles. The molecule has 0 N–H and O–H groups in total. The average molecular weight is 539 g/mol. The van der Waals surface area contributed by atoms with Crippen molar-refractivity contribution in [2.75, 3.05) is 13.3 Å². The molecule has 1 heterocycles. The predicted molar refractivity (Wildman–Crippen MR) is 105 cm³/mol. The van der Waals surface area contributed by atoms with Crippen molar-refractivity contribution in [1.82, 2.24) is 0 Å². The molecule has 18 heteroatoms. The average Bonchev–Trinajstić information content (AvgIpc) is 1.83. The normalized spacial score (nSPS) is 33.5. The highest BCUT2D eigenvalue weighted by molar-refractivity contribution is 8.21. The van der Waals surface area contributed by atoms with Crippen LogP contribution in [0.2, 0.25) is 0 Å². The SMILES string of the molecule is CP(Cl)(Cl)=N[P@@]1(Cl)=NP(Cl)(Cl)=N[P@@](Cl)(N=P(C)(Cl)Cl)=N1. The summed E-state index contributed by atoms with van der Waals surface area (Å²) in [6.45, 7) is -3.55. The van der Waals surface area contributed by atoms with E-state index in [2.05, 4.69) is 22.6 Å². The van der Waals surface area contributed by atoms with Crippen LogP contribution in [-0.4, -0.2) is 13.3 Å². The molecule has 0 aliphatic carbocycles. The molecule has 0 bridgehead atoms. The van der Waals surface area contributed by atoms with Gasteiger partial charge in [0.15, 0.2) is 0 Å². The molecular weight excluding hydrogens is 533 g/mol. The Labute approximate surface area is 155 Å². The maximum atomic E-state index is 6.24. The quantitative estimate of drug-likeness (QED) is 0.314. The zero-order chi connectivity index (χ0) is 16.0. The van der Waals surface area contributed by atoms with Crippen molar-refractivity contribution >= 4 is 121 Å². The summed E-state index contributed by atoms with van der Waals surface area (Å²) in [6.07, 6.45) is 0. The van der Waals surface area contributed by atoms with E-state index < -0.39 is 30.8 Å². The lowest BCUT2D eigenvalue weighted by Gasteiger charge is -2.21. The lowest BCUT2D eigenvalue weighted by Crippen LogP contribution is -1.71. The predicted octanol–water partition coefficient (Wildman–Crippen LogP) is 11.1. The Balaban J connectivity index is 3.75. The van der Waals surface area contributed by atoms with Crippen LogP contribution in [0.15, 0.2) is 22.6 Å². The molecule has 0 aromatic rings. The van der Waals surface area contributed by atoms with Gasteiger partial charge in [-0.2, -0.15) is 22.6 Å². The van der Waals surface area contributed by atoms with E-state index >= 15 is 0 Å². The van der Waals surface area contributed by atoms with E-state index in [0.29, 0.717) is 0 Å². The minimum absolute atomic E-state index is 1.49. The summed E-state index contributed by atoms with van der Waals surface area (Å²) in [6, 6.07) is 0. The first-order valence-electron chi connectivity index (χ1n) is 4.25. The molecule has 0 saturated carbocycles. The Morgan fingerprint density at radius 2 is 1.05 bits per heavy atom. The summed E-state index contributed by atoms with van der Waals surface area (Å²) in [4.78, 5) is 0. The fourth-order valence-corrected chi connectivity index (χ4v) is 26.2. The minimum atomic E-state index is -3.27. The van der Waals surface area contributed by atoms with Gasteiger partial charge in [-0.25, -0.2) is 0 Å². The minimum Gasteiger partial charge on any atom is -0.199 e. The van der Waals surface area contributed by atoms with Crippen molar-refractivity contribution in [2.24, 2.45) is 22.6 Å². The second kappa shape index (κ2) is 7.00. The van der Waals surface area contributed by atoms with Gasteiger partial charge in [-0.15, -0.1) is 0 Å². The van der Waals surface area contributed by atoms with Gasteiger partial charge in [-0.3, -0.25) is 0 Å². The third kappa shape index (κ3) is 8.03. The molecule has 0 unspecified atom stereocenters. The van der Waals surface area contributed by atoms with Gasteiger partial charge in [0, 0.05) is 0 Å². The molecule has 1 aliphatic rings. The standard InChI is InChI=1S/C2H6Cl8N5P5/c1-16(3,4)11-19(9)13-18(7,8)14-20(10,15-19)12-17(2,5)6/h1-2H3/t19-,20+. The Morgan fingerprint density at radius 1 is 0.700 bits per heavy atom. The molecule has 0 radical (unpaired) electrons. The van der Waals surface area contributed by atoms with Crippen LogP contribution in [0.4, 0.5) is 0 Å². The van der Waals surface area contributed by atoms with Gasteiger partial charge < -0.3 is 0 Å². The second-order valence-corrected chi connectivity index (χ2v) is 27.9.